The van der Waals surface area contributed by atoms with Gasteiger partial charge in [-0.05, 0) is 121 Å². The van der Waals surface area contributed by atoms with Crippen molar-refractivity contribution in [3.05, 3.63) is 65.0 Å². The molecule has 0 bridgehead atoms. The van der Waals surface area contributed by atoms with Crippen molar-refractivity contribution in [1.29, 1.82) is 0 Å². The number of fused-ring (bicyclic) bond motifs is 6. The Kier molecular flexibility index (Phi) is 9.02. The standard InChI is InChI=1S/C42H52N6O6/c1-23-9-14-33(48(23)40(50)54-42(5,6)7)37-43-19-32(45-37)26-10-12-28-27(16-26)22-52-35-18-29-25(17-30(28)35)11-13-31-36(29)46-38(44-31)34-15-24(21-51-8)20-47(34)39(49)53-41(2,3)4/h10,12,16-19,23-24,33-34H,9,11,13-15,20-22H2,1-8H3,(H,43,45)(H,44,46)/t23-,24-,33-,34?/m0/s1. The average Bonchev–Trinajstić information content (AvgIpc) is 3.91. The van der Waals surface area contributed by atoms with Crippen LogP contribution in [-0.4, -0.2) is 79.4 Å². The van der Waals surface area contributed by atoms with Gasteiger partial charge in [0.2, 0.25) is 0 Å². The van der Waals surface area contributed by atoms with E-state index in [9.17, 15) is 9.59 Å². The van der Waals surface area contributed by atoms with Gasteiger partial charge in [0.1, 0.15) is 35.2 Å². The molecule has 286 valence electrons. The van der Waals surface area contributed by atoms with Gasteiger partial charge in [0.05, 0.1) is 42.0 Å². The van der Waals surface area contributed by atoms with Crippen LogP contribution in [-0.2, 0) is 33.7 Å². The fourth-order valence-corrected chi connectivity index (χ4v) is 8.53. The second-order valence-corrected chi connectivity index (χ2v) is 17.3. The maximum Gasteiger partial charge on any atom is 0.411 e. The fourth-order valence-electron chi connectivity index (χ4n) is 8.53. The number of ether oxygens (including phenoxy) is 4. The quantitative estimate of drug-likeness (QED) is 0.208. The zero-order chi connectivity index (χ0) is 38.1. The van der Waals surface area contributed by atoms with E-state index in [2.05, 4.69) is 47.2 Å². The molecule has 2 N–H and O–H groups in total. The summed E-state index contributed by atoms with van der Waals surface area (Å²) in [6.45, 7) is 15.0. The molecule has 12 heteroatoms. The van der Waals surface area contributed by atoms with E-state index >= 15 is 0 Å². The van der Waals surface area contributed by atoms with Crippen molar-refractivity contribution < 1.29 is 28.5 Å². The lowest BCUT2D eigenvalue weighted by Crippen LogP contribution is -2.40. The minimum absolute atomic E-state index is 0.0719. The molecule has 54 heavy (non-hydrogen) atoms. The van der Waals surface area contributed by atoms with Crippen molar-refractivity contribution >= 4 is 12.2 Å². The first-order chi connectivity index (χ1) is 25.7. The van der Waals surface area contributed by atoms with Crippen molar-refractivity contribution in [3.63, 3.8) is 0 Å². The molecule has 3 aliphatic heterocycles. The van der Waals surface area contributed by atoms with Crippen LogP contribution in [0.25, 0.3) is 33.6 Å². The third kappa shape index (κ3) is 6.85. The number of carbonyl (C=O) groups excluding carboxylic acids is 2. The van der Waals surface area contributed by atoms with Crippen molar-refractivity contribution in [3.8, 4) is 39.4 Å². The van der Waals surface area contributed by atoms with Crippen molar-refractivity contribution in [2.24, 2.45) is 5.92 Å². The molecule has 2 fully saturated rings. The zero-order valence-electron chi connectivity index (χ0n) is 32.7. The van der Waals surface area contributed by atoms with Crippen LogP contribution in [0.3, 0.4) is 0 Å². The van der Waals surface area contributed by atoms with E-state index in [1.807, 2.05) is 52.6 Å². The number of likely N-dealkylation sites (tertiary alicyclic amines) is 2. The lowest BCUT2D eigenvalue weighted by molar-refractivity contribution is 0.0150. The molecule has 1 unspecified atom stereocenters. The highest BCUT2D eigenvalue weighted by Gasteiger charge is 2.42. The van der Waals surface area contributed by atoms with Gasteiger partial charge in [-0.15, -0.1) is 0 Å². The summed E-state index contributed by atoms with van der Waals surface area (Å²) in [7, 11) is 1.70. The third-order valence-corrected chi connectivity index (χ3v) is 10.9. The molecule has 2 amide bonds. The van der Waals surface area contributed by atoms with E-state index in [-0.39, 0.29) is 36.2 Å². The Morgan fingerprint density at radius 3 is 2.43 bits per heavy atom. The Bertz CT molecular complexity index is 2090. The number of aromatic amines is 2. The maximum absolute atomic E-state index is 13.3. The highest BCUT2D eigenvalue weighted by atomic mass is 16.6. The maximum atomic E-state index is 13.3. The summed E-state index contributed by atoms with van der Waals surface area (Å²) >= 11 is 0. The van der Waals surface area contributed by atoms with Crippen LogP contribution in [0, 0.1) is 5.92 Å². The third-order valence-electron chi connectivity index (χ3n) is 10.9. The number of aryl methyl sites for hydroxylation is 2. The first-order valence-electron chi connectivity index (χ1n) is 19.2. The summed E-state index contributed by atoms with van der Waals surface area (Å²) in [6.07, 6.45) is 5.36. The lowest BCUT2D eigenvalue weighted by Gasteiger charge is -2.30. The Hall–Kier alpha value is -4.84. The Balaban J connectivity index is 1.04. The summed E-state index contributed by atoms with van der Waals surface area (Å²) in [5.41, 5.74) is 8.44. The number of hydrogen-bond donors (Lipinski definition) is 2. The second kappa shape index (κ2) is 13.5. The van der Waals surface area contributed by atoms with E-state index in [0.29, 0.717) is 19.8 Å². The molecule has 12 nitrogen and oxygen atoms in total. The smallest absolute Gasteiger partial charge is 0.411 e. The molecule has 2 aromatic carbocycles. The molecule has 0 radical (unpaired) electrons. The average molecular weight is 737 g/mol. The van der Waals surface area contributed by atoms with E-state index in [4.69, 9.17) is 28.9 Å². The fraction of sp³-hybridized carbons (Fsp3) is 0.524. The van der Waals surface area contributed by atoms with Gasteiger partial charge < -0.3 is 28.9 Å². The van der Waals surface area contributed by atoms with Crippen LogP contribution in [0.15, 0.2) is 36.5 Å². The van der Waals surface area contributed by atoms with E-state index < -0.39 is 11.2 Å². The van der Waals surface area contributed by atoms with Crippen molar-refractivity contribution in [1.82, 2.24) is 29.7 Å². The molecule has 4 aromatic rings. The van der Waals surface area contributed by atoms with Crippen molar-refractivity contribution in [2.75, 3.05) is 20.3 Å². The first-order valence-corrected chi connectivity index (χ1v) is 19.2. The topological polar surface area (TPSA) is 135 Å². The molecule has 2 aromatic heterocycles. The molecule has 0 spiro atoms. The SMILES string of the molecule is COC[C@H]1CC(c2nc3c([nH]2)-c2cc4c(cc2CC3)-c2ccc(-c3cnc([C@@H]5CC[C@H](C)N5C(=O)OC(C)(C)C)[nH]3)cc2CO4)N(C(=O)OC(C)(C)C)C1. The van der Waals surface area contributed by atoms with Crippen LogP contribution in [0.5, 0.6) is 5.75 Å². The van der Waals surface area contributed by atoms with E-state index in [1.165, 1.54) is 5.56 Å². The molecule has 8 rings (SSSR count). The number of amides is 2. The summed E-state index contributed by atoms with van der Waals surface area (Å²) < 4.78 is 23.5. The number of hydrogen-bond acceptors (Lipinski definition) is 8. The molecular formula is C42H52N6O6. The number of H-pyrrole nitrogens is 2. The summed E-state index contributed by atoms with van der Waals surface area (Å²) in [5.74, 6) is 2.60. The predicted octanol–water partition coefficient (Wildman–Crippen LogP) is 8.53. The minimum Gasteiger partial charge on any atom is -0.488 e. The number of nitrogens with zero attached hydrogens (tertiary/aromatic N) is 4. The summed E-state index contributed by atoms with van der Waals surface area (Å²) in [6, 6.07) is 10.6. The van der Waals surface area contributed by atoms with Gasteiger partial charge >= 0.3 is 12.2 Å². The number of rotatable bonds is 5. The van der Waals surface area contributed by atoms with Crippen LogP contribution in [0.1, 0.15) is 108 Å². The largest absolute Gasteiger partial charge is 0.488 e. The molecular weight excluding hydrogens is 684 g/mol. The predicted molar refractivity (Wildman–Crippen MR) is 204 cm³/mol. The summed E-state index contributed by atoms with van der Waals surface area (Å²) in [4.78, 5) is 47.1. The monoisotopic (exact) mass is 736 g/mol. The van der Waals surface area contributed by atoms with Gasteiger partial charge in [-0.2, -0.15) is 0 Å². The molecule has 4 aliphatic rings. The van der Waals surface area contributed by atoms with E-state index in [1.54, 1.807) is 12.0 Å². The van der Waals surface area contributed by atoms with Gasteiger partial charge in [0, 0.05) is 36.7 Å². The molecule has 5 heterocycles. The second-order valence-electron chi connectivity index (χ2n) is 17.3. The van der Waals surface area contributed by atoms with Crippen LogP contribution < -0.4 is 4.74 Å². The molecule has 0 saturated carbocycles. The number of methoxy groups -OCH3 is 1. The Labute approximate surface area is 316 Å². The van der Waals surface area contributed by atoms with Gasteiger partial charge in [0.15, 0.2) is 0 Å². The number of benzene rings is 2. The lowest BCUT2D eigenvalue weighted by atomic mass is 9.86. The zero-order valence-corrected chi connectivity index (χ0v) is 32.7. The number of nitrogens with one attached hydrogen (secondary N) is 2. The Morgan fingerprint density at radius 2 is 1.67 bits per heavy atom. The minimum atomic E-state index is -0.592. The number of imidazole rings is 2. The van der Waals surface area contributed by atoms with Gasteiger partial charge in [-0.1, -0.05) is 12.1 Å². The van der Waals surface area contributed by atoms with Gasteiger partial charge in [-0.3, -0.25) is 9.80 Å². The van der Waals surface area contributed by atoms with Gasteiger partial charge in [-0.25, -0.2) is 19.6 Å². The van der Waals surface area contributed by atoms with Gasteiger partial charge in [0.25, 0.3) is 0 Å². The highest BCUT2D eigenvalue weighted by Crippen LogP contribution is 2.46. The molecule has 1 aliphatic carbocycles. The molecule has 2 saturated heterocycles. The molecule has 4 atom stereocenters. The summed E-state index contributed by atoms with van der Waals surface area (Å²) in [5, 5.41) is 0. The number of aromatic nitrogens is 4. The van der Waals surface area contributed by atoms with Crippen LogP contribution in [0.2, 0.25) is 0 Å². The Morgan fingerprint density at radius 1 is 0.889 bits per heavy atom. The van der Waals surface area contributed by atoms with Crippen LogP contribution >= 0.6 is 0 Å². The normalized spacial score (nSPS) is 21.9. The van der Waals surface area contributed by atoms with Crippen molar-refractivity contribution in [2.45, 2.75) is 117 Å². The van der Waals surface area contributed by atoms with E-state index in [0.717, 1.165) is 94.4 Å². The number of carbonyl (C=O) groups is 2. The first kappa shape index (κ1) is 36.2. The highest BCUT2D eigenvalue weighted by molar-refractivity contribution is 5.83. The van der Waals surface area contributed by atoms with Crippen LogP contribution in [0.4, 0.5) is 9.59 Å².